The molecular weight excluding hydrogens is 370 g/mol. The van der Waals surface area contributed by atoms with Gasteiger partial charge in [-0.05, 0) is 45.6 Å². The number of aliphatic hydroxyl groups is 1. The van der Waals surface area contributed by atoms with E-state index in [9.17, 15) is 14.7 Å². The Hall–Kier alpha value is -1.64. The molecular formula is C18H32ClN5O3. The molecule has 0 unspecified atom stereocenters. The summed E-state index contributed by atoms with van der Waals surface area (Å²) in [4.78, 5) is 29.9. The van der Waals surface area contributed by atoms with Crippen molar-refractivity contribution in [3.63, 3.8) is 0 Å². The van der Waals surface area contributed by atoms with Gasteiger partial charge < -0.3 is 15.4 Å². The highest BCUT2D eigenvalue weighted by Crippen LogP contribution is 2.08. The summed E-state index contributed by atoms with van der Waals surface area (Å²) < 4.78 is 4.61. The number of nitrogens with zero attached hydrogens (tertiary/aromatic N) is 4. The maximum atomic E-state index is 12.9. The Balaban J connectivity index is 0.00000364. The van der Waals surface area contributed by atoms with Crippen LogP contribution in [-0.2, 0) is 20.1 Å². The number of unbranched alkanes of at least 4 members (excludes halogenated alkanes) is 4. The molecule has 2 rings (SSSR count). The zero-order chi connectivity index (χ0) is 19.1. The summed E-state index contributed by atoms with van der Waals surface area (Å²) in [5.74, 6) is 0. The first kappa shape index (κ1) is 23.4. The molecule has 0 radical (unpaired) electrons. The lowest BCUT2D eigenvalue weighted by molar-refractivity contribution is 0.180. The van der Waals surface area contributed by atoms with Crippen molar-refractivity contribution < 1.29 is 5.11 Å². The average Bonchev–Trinajstić information content (AvgIpc) is 2.98. The highest BCUT2D eigenvalue weighted by Gasteiger charge is 2.16. The summed E-state index contributed by atoms with van der Waals surface area (Å²) in [6.07, 6.45) is 7.19. The van der Waals surface area contributed by atoms with Crippen molar-refractivity contribution in [3.8, 4) is 0 Å². The number of hydrogen-bond acceptors (Lipinski definition) is 5. The topological polar surface area (TPSA) is 108 Å². The fourth-order valence-electron chi connectivity index (χ4n) is 3.19. The van der Waals surface area contributed by atoms with Crippen molar-refractivity contribution in [1.82, 2.24) is 18.7 Å². The summed E-state index contributed by atoms with van der Waals surface area (Å²) in [5, 5.41) is 9.36. The van der Waals surface area contributed by atoms with E-state index < -0.39 is 0 Å². The Morgan fingerprint density at radius 1 is 1.07 bits per heavy atom. The number of aromatic nitrogens is 4. The molecule has 0 spiro atoms. The van der Waals surface area contributed by atoms with E-state index in [1.54, 1.807) is 29.4 Å². The van der Waals surface area contributed by atoms with Gasteiger partial charge in [-0.15, -0.1) is 12.4 Å². The fraction of sp³-hybridized carbons (Fsp3) is 0.722. The van der Waals surface area contributed by atoms with Crippen LogP contribution in [0, 0.1) is 0 Å². The Labute approximate surface area is 165 Å². The van der Waals surface area contributed by atoms with Crippen LogP contribution in [-0.4, -0.2) is 36.4 Å². The molecule has 0 bridgehead atoms. The minimum atomic E-state index is -0.364. The van der Waals surface area contributed by atoms with E-state index >= 15 is 0 Å². The smallest absolute Gasteiger partial charge is 0.332 e. The third-order valence-electron chi connectivity index (χ3n) is 4.67. The van der Waals surface area contributed by atoms with E-state index in [1.165, 1.54) is 4.57 Å². The standard InChI is InChI=1S/C18H31N5O3.ClH/c1-14(24)9-5-8-12-23-17(25)15-16(20-13-21(15)2)22(18(23)26)11-7-4-3-6-10-19;/h13-14,24H,3-12,19H2,1-2H3;1H/t14-;/m1./s1. The number of rotatable bonds is 11. The summed E-state index contributed by atoms with van der Waals surface area (Å²) in [6.45, 7) is 3.33. The van der Waals surface area contributed by atoms with Crippen molar-refractivity contribution in [1.29, 1.82) is 0 Å². The minimum Gasteiger partial charge on any atom is -0.393 e. The van der Waals surface area contributed by atoms with E-state index in [0.717, 1.165) is 32.1 Å². The quantitative estimate of drug-likeness (QED) is 0.553. The van der Waals surface area contributed by atoms with Crippen LogP contribution in [0.2, 0.25) is 0 Å². The average molecular weight is 402 g/mol. The second-order valence-electron chi connectivity index (χ2n) is 6.97. The maximum absolute atomic E-state index is 12.9. The largest absolute Gasteiger partial charge is 0.393 e. The Morgan fingerprint density at radius 2 is 1.70 bits per heavy atom. The van der Waals surface area contributed by atoms with Gasteiger partial charge in [-0.1, -0.05) is 12.8 Å². The van der Waals surface area contributed by atoms with Crippen LogP contribution in [0.15, 0.2) is 15.9 Å². The molecule has 0 fully saturated rings. The van der Waals surface area contributed by atoms with Crippen LogP contribution >= 0.6 is 12.4 Å². The van der Waals surface area contributed by atoms with E-state index in [1.807, 2.05) is 0 Å². The zero-order valence-corrected chi connectivity index (χ0v) is 17.1. The lowest BCUT2D eigenvalue weighted by Gasteiger charge is -2.12. The van der Waals surface area contributed by atoms with Gasteiger partial charge in [0, 0.05) is 20.1 Å². The van der Waals surface area contributed by atoms with Crippen LogP contribution in [0.3, 0.4) is 0 Å². The van der Waals surface area contributed by atoms with Gasteiger partial charge in [-0.2, -0.15) is 0 Å². The predicted octanol–water partition coefficient (Wildman–Crippen LogP) is 1.39. The van der Waals surface area contributed by atoms with E-state index in [0.29, 0.717) is 43.6 Å². The molecule has 0 aromatic carbocycles. The van der Waals surface area contributed by atoms with Crippen LogP contribution in [0.5, 0.6) is 0 Å². The normalized spacial score (nSPS) is 12.3. The molecule has 0 saturated carbocycles. The van der Waals surface area contributed by atoms with Gasteiger partial charge in [-0.25, -0.2) is 9.78 Å². The van der Waals surface area contributed by atoms with Crippen molar-refractivity contribution in [2.45, 2.75) is 71.1 Å². The molecule has 9 heteroatoms. The van der Waals surface area contributed by atoms with Crippen molar-refractivity contribution in [3.05, 3.63) is 27.2 Å². The first-order valence-corrected chi connectivity index (χ1v) is 9.50. The minimum absolute atomic E-state index is 0. The molecule has 27 heavy (non-hydrogen) atoms. The first-order chi connectivity index (χ1) is 12.5. The first-order valence-electron chi connectivity index (χ1n) is 9.50. The highest BCUT2D eigenvalue weighted by atomic mass is 35.5. The Morgan fingerprint density at radius 3 is 2.37 bits per heavy atom. The van der Waals surface area contributed by atoms with E-state index in [-0.39, 0.29) is 29.8 Å². The van der Waals surface area contributed by atoms with Crippen LogP contribution < -0.4 is 17.0 Å². The van der Waals surface area contributed by atoms with Gasteiger partial charge in [0.15, 0.2) is 11.2 Å². The highest BCUT2D eigenvalue weighted by molar-refractivity contribution is 5.85. The maximum Gasteiger partial charge on any atom is 0.332 e. The second kappa shape index (κ2) is 11.3. The molecule has 0 aliphatic heterocycles. The van der Waals surface area contributed by atoms with Crippen LogP contribution in [0.25, 0.3) is 11.2 Å². The van der Waals surface area contributed by atoms with E-state index in [2.05, 4.69) is 4.98 Å². The molecule has 2 aromatic rings. The predicted molar refractivity (Wildman–Crippen MR) is 110 cm³/mol. The van der Waals surface area contributed by atoms with Gasteiger partial charge >= 0.3 is 5.69 Å². The van der Waals surface area contributed by atoms with E-state index in [4.69, 9.17) is 5.73 Å². The summed E-state index contributed by atoms with van der Waals surface area (Å²) in [7, 11) is 1.77. The Kier molecular flexibility index (Phi) is 9.76. The molecule has 0 aliphatic rings. The molecule has 1 atom stereocenters. The number of hydrogen-bond donors (Lipinski definition) is 2. The van der Waals surface area contributed by atoms with Gasteiger partial charge in [0.05, 0.1) is 12.4 Å². The monoisotopic (exact) mass is 401 g/mol. The summed E-state index contributed by atoms with van der Waals surface area (Å²) in [5.41, 5.74) is 5.85. The molecule has 3 N–H and O–H groups in total. The number of aliphatic hydroxyl groups excluding tert-OH is 1. The van der Waals surface area contributed by atoms with Crippen LogP contribution in [0.4, 0.5) is 0 Å². The van der Waals surface area contributed by atoms with Gasteiger partial charge in [0.25, 0.3) is 5.56 Å². The third-order valence-corrected chi connectivity index (χ3v) is 4.67. The van der Waals surface area contributed by atoms with Gasteiger partial charge in [0.2, 0.25) is 0 Å². The van der Waals surface area contributed by atoms with Crippen molar-refractivity contribution in [2.75, 3.05) is 6.54 Å². The molecule has 8 nitrogen and oxygen atoms in total. The number of halogens is 1. The SMILES string of the molecule is C[C@@H](O)CCCCn1c(=O)c2c(ncn2C)n(CCCCCCN)c1=O.Cl. The number of imidazole rings is 1. The van der Waals surface area contributed by atoms with Gasteiger partial charge in [0.1, 0.15) is 0 Å². The summed E-state index contributed by atoms with van der Waals surface area (Å²) >= 11 is 0. The molecule has 0 amide bonds. The molecule has 2 aromatic heterocycles. The zero-order valence-electron chi connectivity index (χ0n) is 16.3. The lowest BCUT2D eigenvalue weighted by atomic mass is 10.2. The second-order valence-corrected chi connectivity index (χ2v) is 6.97. The number of fused-ring (bicyclic) bond motifs is 1. The lowest BCUT2D eigenvalue weighted by Crippen LogP contribution is -2.40. The van der Waals surface area contributed by atoms with Crippen molar-refractivity contribution in [2.24, 2.45) is 12.8 Å². The van der Waals surface area contributed by atoms with Gasteiger partial charge in [-0.3, -0.25) is 13.9 Å². The molecule has 154 valence electrons. The molecule has 2 heterocycles. The van der Waals surface area contributed by atoms with Crippen molar-refractivity contribution >= 4 is 23.6 Å². The third kappa shape index (κ3) is 5.92. The summed E-state index contributed by atoms with van der Waals surface area (Å²) in [6, 6.07) is 0. The fourth-order valence-corrected chi connectivity index (χ4v) is 3.19. The number of nitrogens with two attached hydrogens (primary N) is 1. The van der Waals surface area contributed by atoms with Crippen LogP contribution in [0.1, 0.15) is 51.9 Å². The molecule has 0 aliphatic carbocycles. The molecule has 0 saturated heterocycles. The number of aryl methyl sites for hydroxylation is 2. The Bertz CT molecular complexity index is 825.